The highest BCUT2D eigenvalue weighted by molar-refractivity contribution is 7.99. The van der Waals surface area contributed by atoms with Crippen LogP contribution in [0.1, 0.15) is 19.3 Å². The molecule has 0 unspecified atom stereocenters. The Morgan fingerprint density at radius 1 is 1.33 bits per heavy atom. The molecule has 0 aliphatic heterocycles. The molecule has 0 aromatic heterocycles. The SMILES string of the molecule is COc1ccc(SCCC2(N)CC2)cc1. The van der Waals surface area contributed by atoms with Crippen LogP contribution in [0.15, 0.2) is 29.2 Å². The zero-order chi connectivity index (χ0) is 10.7. The van der Waals surface area contributed by atoms with Gasteiger partial charge in [0.05, 0.1) is 7.11 Å². The second-order valence-electron chi connectivity index (χ2n) is 4.14. The normalized spacial score (nSPS) is 17.5. The molecule has 0 heterocycles. The van der Waals surface area contributed by atoms with Crippen molar-refractivity contribution in [1.29, 1.82) is 0 Å². The summed E-state index contributed by atoms with van der Waals surface area (Å²) >= 11 is 1.87. The van der Waals surface area contributed by atoms with E-state index in [0.717, 1.165) is 17.9 Å². The monoisotopic (exact) mass is 223 g/mol. The maximum absolute atomic E-state index is 6.02. The second kappa shape index (κ2) is 4.45. The van der Waals surface area contributed by atoms with Crippen molar-refractivity contribution in [3.63, 3.8) is 0 Å². The minimum absolute atomic E-state index is 0.180. The van der Waals surface area contributed by atoms with E-state index in [1.165, 1.54) is 17.7 Å². The van der Waals surface area contributed by atoms with Crippen LogP contribution >= 0.6 is 11.8 Å². The Kier molecular flexibility index (Phi) is 3.22. The summed E-state index contributed by atoms with van der Waals surface area (Å²) < 4.78 is 5.11. The van der Waals surface area contributed by atoms with E-state index in [-0.39, 0.29) is 5.54 Å². The van der Waals surface area contributed by atoms with Crippen molar-refractivity contribution in [1.82, 2.24) is 0 Å². The number of thioether (sulfide) groups is 1. The topological polar surface area (TPSA) is 35.2 Å². The van der Waals surface area contributed by atoms with E-state index < -0.39 is 0 Å². The Morgan fingerprint density at radius 2 is 2.00 bits per heavy atom. The van der Waals surface area contributed by atoms with Gasteiger partial charge in [-0.25, -0.2) is 0 Å². The summed E-state index contributed by atoms with van der Waals surface area (Å²) in [4.78, 5) is 1.29. The first kappa shape index (κ1) is 10.8. The number of hydrogen-bond acceptors (Lipinski definition) is 3. The van der Waals surface area contributed by atoms with E-state index in [4.69, 9.17) is 10.5 Å². The second-order valence-corrected chi connectivity index (χ2v) is 5.30. The third-order valence-corrected chi connectivity index (χ3v) is 3.83. The first-order chi connectivity index (χ1) is 7.22. The average Bonchev–Trinajstić information content (AvgIpc) is 2.98. The molecule has 0 amide bonds. The lowest BCUT2D eigenvalue weighted by Gasteiger charge is -2.07. The zero-order valence-electron chi connectivity index (χ0n) is 9.03. The van der Waals surface area contributed by atoms with Crippen molar-refractivity contribution in [2.24, 2.45) is 5.73 Å². The standard InChI is InChI=1S/C12H17NOS/c1-14-10-2-4-11(5-3-10)15-9-8-12(13)6-7-12/h2-5H,6-9,13H2,1H3. The third kappa shape index (κ3) is 3.14. The van der Waals surface area contributed by atoms with Crippen molar-refractivity contribution in [2.75, 3.05) is 12.9 Å². The Bertz CT molecular complexity index is 319. The molecule has 1 saturated carbocycles. The van der Waals surface area contributed by atoms with Gasteiger partial charge in [-0.3, -0.25) is 0 Å². The fourth-order valence-electron chi connectivity index (χ4n) is 1.45. The van der Waals surface area contributed by atoms with Crippen LogP contribution in [0.5, 0.6) is 5.75 Å². The predicted octanol–water partition coefficient (Wildman–Crippen LogP) is 2.67. The van der Waals surface area contributed by atoms with Crippen LogP contribution in [-0.2, 0) is 0 Å². The predicted molar refractivity (Wildman–Crippen MR) is 64.5 cm³/mol. The molecule has 2 N–H and O–H groups in total. The number of benzene rings is 1. The molecule has 1 aliphatic rings. The number of hydrogen-bond donors (Lipinski definition) is 1. The summed E-state index contributed by atoms with van der Waals surface area (Å²) in [6, 6.07) is 8.19. The van der Waals surface area contributed by atoms with Crippen LogP contribution in [0.4, 0.5) is 0 Å². The van der Waals surface area contributed by atoms with Crippen LogP contribution in [-0.4, -0.2) is 18.4 Å². The highest BCUT2D eigenvalue weighted by atomic mass is 32.2. The largest absolute Gasteiger partial charge is 0.497 e. The highest BCUT2D eigenvalue weighted by Gasteiger charge is 2.37. The van der Waals surface area contributed by atoms with Crippen molar-refractivity contribution >= 4 is 11.8 Å². The number of ether oxygens (including phenoxy) is 1. The minimum atomic E-state index is 0.180. The lowest BCUT2D eigenvalue weighted by Crippen LogP contribution is -2.21. The van der Waals surface area contributed by atoms with Gasteiger partial charge in [-0.15, -0.1) is 11.8 Å². The molecule has 2 nitrogen and oxygen atoms in total. The van der Waals surface area contributed by atoms with Gasteiger partial charge in [-0.1, -0.05) is 0 Å². The number of rotatable bonds is 5. The molecule has 0 saturated heterocycles. The van der Waals surface area contributed by atoms with Gasteiger partial charge < -0.3 is 10.5 Å². The van der Waals surface area contributed by atoms with Gasteiger partial charge in [0.25, 0.3) is 0 Å². The molecule has 0 spiro atoms. The van der Waals surface area contributed by atoms with Crippen LogP contribution in [0, 0.1) is 0 Å². The molecule has 1 aliphatic carbocycles. The maximum atomic E-state index is 6.02. The molecule has 0 bridgehead atoms. The third-order valence-electron chi connectivity index (χ3n) is 2.82. The van der Waals surface area contributed by atoms with E-state index in [0.29, 0.717) is 0 Å². The van der Waals surface area contributed by atoms with Crippen LogP contribution in [0.25, 0.3) is 0 Å². The number of nitrogens with two attached hydrogens (primary N) is 1. The first-order valence-electron chi connectivity index (χ1n) is 5.28. The summed E-state index contributed by atoms with van der Waals surface area (Å²) in [5, 5.41) is 0. The Balaban J connectivity index is 1.77. The van der Waals surface area contributed by atoms with Crippen molar-refractivity contribution in [3.05, 3.63) is 24.3 Å². The first-order valence-corrected chi connectivity index (χ1v) is 6.26. The quantitative estimate of drug-likeness (QED) is 0.779. The summed E-state index contributed by atoms with van der Waals surface area (Å²) in [7, 11) is 1.69. The Morgan fingerprint density at radius 3 is 2.53 bits per heavy atom. The van der Waals surface area contributed by atoms with E-state index in [1.807, 2.05) is 23.9 Å². The van der Waals surface area contributed by atoms with Crippen LogP contribution in [0.2, 0.25) is 0 Å². The van der Waals surface area contributed by atoms with Gasteiger partial charge >= 0.3 is 0 Å². The molecule has 1 aromatic rings. The smallest absolute Gasteiger partial charge is 0.118 e. The fraction of sp³-hybridized carbons (Fsp3) is 0.500. The minimum Gasteiger partial charge on any atom is -0.497 e. The van der Waals surface area contributed by atoms with E-state index in [9.17, 15) is 0 Å². The van der Waals surface area contributed by atoms with Crippen LogP contribution < -0.4 is 10.5 Å². The van der Waals surface area contributed by atoms with Crippen molar-refractivity contribution < 1.29 is 4.74 Å². The molecule has 0 atom stereocenters. The van der Waals surface area contributed by atoms with Gasteiger partial charge in [-0.2, -0.15) is 0 Å². The lowest BCUT2D eigenvalue weighted by atomic mass is 10.2. The van der Waals surface area contributed by atoms with Gasteiger partial charge in [-0.05, 0) is 49.3 Å². The molecular formula is C12H17NOS. The molecular weight excluding hydrogens is 206 g/mol. The molecule has 15 heavy (non-hydrogen) atoms. The summed E-state index contributed by atoms with van der Waals surface area (Å²) in [5.74, 6) is 2.03. The van der Waals surface area contributed by atoms with E-state index in [2.05, 4.69) is 12.1 Å². The fourth-order valence-corrected chi connectivity index (χ4v) is 2.53. The molecule has 0 radical (unpaired) electrons. The maximum Gasteiger partial charge on any atom is 0.118 e. The summed E-state index contributed by atoms with van der Waals surface area (Å²) in [6.07, 6.45) is 3.54. The van der Waals surface area contributed by atoms with Gasteiger partial charge in [0.15, 0.2) is 0 Å². The molecule has 1 fully saturated rings. The van der Waals surface area contributed by atoms with Crippen molar-refractivity contribution in [2.45, 2.75) is 29.7 Å². The average molecular weight is 223 g/mol. The van der Waals surface area contributed by atoms with Gasteiger partial charge in [0, 0.05) is 10.4 Å². The van der Waals surface area contributed by atoms with E-state index in [1.54, 1.807) is 7.11 Å². The van der Waals surface area contributed by atoms with Gasteiger partial charge in [0.1, 0.15) is 5.75 Å². The van der Waals surface area contributed by atoms with Gasteiger partial charge in [0.2, 0.25) is 0 Å². The molecule has 3 heteroatoms. The van der Waals surface area contributed by atoms with E-state index >= 15 is 0 Å². The summed E-state index contributed by atoms with van der Waals surface area (Å²) in [6.45, 7) is 0. The van der Waals surface area contributed by atoms with Crippen molar-refractivity contribution in [3.8, 4) is 5.75 Å². The highest BCUT2D eigenvalue weighted by Crippen LogP contribution is 2.37. The van der Waals surface area contributed by atoms with Crippen LogP contribution in [0.3, 0.4) is 0 Å². The molecule has 2 rings (SSSR count). The zero-order valence-corrected chi connectivity index (χ0v) is 9.85. The Labute approximate surface area is 95.2 Å². The number of methoxy groups -OCH3 is 1. The summed E-state index contributed by atoms with van der Waals surface area (Å²) in [5.41, 5.74) is 6.20. The molecule has 82 valence electrons. The Hall–Kier alpha value is -0.670. The lowest BCUT2D eigenvalue weighted by molar-refractivity contribution is 0.414. The molecule has 1 aromatic carbocycles.